The molecule has 2 heterocycles. The van der Waals surface area contributed by atoms with Crippen molar-refractivity contribution in [2.24, 2.45) is 17.3 Å². The molecule has 1 saturated heterocycles. The van der Waals surface area contributed by atoms with E-state index < -0.39 is 0 Å². The normalized spacial score (nSPS) is 27.5. The number of amides is 1. The van der Waals surface area contributed by atoms with Crippen LogP contribution >= 0.6 is 0 Å². The zero-order chi connectivity index (χ0) is 18.1. The number of allylic oxidation sites excluding steroid dienone is 1. The van der Waals surface area contributed by atoms with Crippen LogP contribution in [-0.2, 0) is 11.3 Å². The van der Waals surface area contributed by atoms with Crippen LogP contribution in [0.5, 0.6) is 0 Å². The molecule has 1 aromatic heterocycles. The summed E-state index contributed by atoms with van der Waals surface area (Å²) in [5.41, 5.74) is 2.61. The molecule has 3 aliphatic carbocycles. The Bertz CT molecular complexity index is 685. The Morgan fingerprint density at radius 3 is 2.88 bits per heavy atom. The number of fused-ring (bicyclic) bond motifs is 1. The molecular weight excluding hydrogens is 328 g/mol. The van der Waals surface area contributed by atoms with Gasteiger partial charge in [0.15, 0.2) is 0 Å². The Kier molecular flexibility index (Phi) is 4.93. The van der Waals surface area contributed by atoms with Gasteiger partial charge in [0.1, 0.15) is 12.0 Å². The number of hydrogen-bond donors (Lipinski definition) is 1. The van der Waals surface area contributed by atoms with Gasteiger partial charge in [-0.2, -0.15) is 0 Å². The third-order valence-electron chi connectivity index (χ3n) is 6.68. The lowest BCUT2D eigenvalue weighted by Gasteiger charge is -2.56. The molecule has 0 aromatic carbocycles. The van der Waals surface area contributed by atoms with Crippen LogP contribution in [0.1, 0.15) is 49.2 Å². The lowest BCUT2D eigenvalue weighted by Crippen LogP contribution is -2.48. The van der Waals surface area contributed by atoms with Crippen LogP contribution in [0, 0.1) is 17.3 Å². The summed E-state index contributed by atoms with van der Waals surface area (Å²) in [5.74, 6) is 2.38. The van der Waals surface area contributed by atoms with E-state index in [1.807, 2.05) is 6.07 Å². The van der Waals surface area contributed by atoms with Gasteiger partial charge in [-0.25, -0.2) is 0 Å². The van der Waals surface area contributed by atoms with Crippen molar-refractivity contribution >= 4 is 5.91 Å². The van der Waals surface area contributed by atoms with E-state index in [0.29, 0.717) is 23.4 Å². The lowest BCUT2D eigenvalue weighted by molar-refractivity contribution is -0.00811. The fourth-order valence-corrected chi connectivity index (χ4v) is 4.74. The van der Waals surface area contributed by atoms with Gasteiger partial charge in [-0.1, -0.05) is 25.5 Å². The van der Waals surface area contributed by atoms with Crippen molar-refractivity contribution in [3.05, 3.63) is 35.3 Å². The summed E-state index contributed by atoms with van der Waals surface area (Å²) < 4.78 is 10.9. The Morgan fingerprint density at radius 1 is 1.35 bits per heavy atom. The van der Waals surface area contributed by atoms with E-state index in [9.17, 15) is 4.79 Å². The molecule has 5 rings (SSSR count). The Hall–Kier alpha value is -1.59. The number of hydrogen-bond acceptors (Lipinski definition) is 4. The first-order chi connectivity index (χ1) is 12.5. The third-order valence-corrected chi connectivity index (χ3v) is 6.68. The maximum Gasteiger partial charge on any atom is 0.254 e. The molecule has 2 bridgehead atoms. The highest BCUT2D eigenvalue weighted by molar-refractivity contribution is 5.93. The van der Waals surface area contributed by atoms with Crippen LogP contribution in [0.2, 0.25) is 0 Å². The zero-order valence-electron chi connectivity index (χ0n) is 15.9. The lowest BCUT2D eigenvalue weighted by atomic mass is 9.48. The molecule has 1 aliphatic heterocycles. The number of nitrogens with one attached hydrogen (secondary N) is 1. The topological polar surface area (TPSA) is 54.7 Å². The number of furan rings is 1. The quantitative estimate of drug-likeness (QED) is 0.794. The molecule has 5 nitrogen and oxygen atoms in total. The molecule has 0 spiro atoms. The Balaban J connectivity index is 1.24. The van der Waals surface area contributed by atoms with Gasteiger partial charge < -0.3 is 14.5 Å². The molecule has 26 heavy (non-hydrogen) atoms. The minimum absolute atomic E-state index is 0.0378. The van der Waals surface area contributed by atoms with Crippen molar-refractivity contribution in [3.63, 3.8) is 0 Å². The Labute approximate surface area is 155 Å². The number of ether oxygens (including phenoxy) is 1. The number of nitrogens with zero attached hydrogens (tertiary/aromatic N) is 1. The van der Waals surface area contributed by atoms with Gasteiger partial charge in [0, 0.05) is 19.6 Å². The minimum Gasteiger partial charge on any atom is -0.467 e. The summed E-state index contributed by atoms with van der Waals surface area (Å²) in [5, 5.41) is 3.06. The second-order valence-corrected chi connectivity index (χ2v) is 8.52. The zero-order valence-corrected chi connectivity index (χ0v) is 15.9. The smallest absolute Gasteiger partial charge is 0.254 e. The summed E-state index contributed by atoms with van der Waals surface area (Å²) in [6.45, 7) is 9.57. The Morgan fingerprint density at radius 2 is 2.15 bits per heavy atom. The summed E-state index contributed by atoms with van der Waals surface area (Å²) in [7, 11) is 0. The van der Waals surface area contributed by atoms with Gasteiger partial charge in [0.05, 0.1) is 25.3 Å². The fraction of sp³-hybridized carbons (Fsp3) is 0.667. The number of rotatable bonds is 6. The van der Waals surface area contributed by atoms with Crippen LogP contribution < -0.4 is 5.32 Å². The van der Waals surface area contributed by atoms with E-state index in [1.165, 1.54) is 18.4 Å². The van der Waals surface area contributed by atoms with Gasteiger partial charge in [0.25, 0.3) is 5.91 Å². The molecule has 142 valence electrons. The molecule has 1 saturated carbocycles. The maximum atomic E-state index is 12.4. The largest absolute Gasteiger partial charge is 0.467 e. The monoisotopic (exact) mass is 358 g/mol. The van der Waals surface area contributed by atoms with E-state index in [4.69, 9.17) is 9.15 Å². The SMILES string of the molecule is CC1(C)[C@H]2CC=C(CCNC(=O)c3coc(CN4CCOCC4)c3)[C@@H]1C2. The van der Waals surface area contributed by atoms with Crippen LogP contribution in [0.3, 0.4) is 0 Å². The second-order valence-electron chi connectivity index (χ2n) is 8.52. The number of carbonyl (C=O) groups is 1. The number of carbonyl (C=O) groups excluding carboxylic acids is 1. The van der Waals surface area contributed by atoms with Crippen LogP contribution in [-0.4, -0.2) is 43.7 Å². The summed E-state index contributed by atoms with van der Waals surface area (Å²) in [4.78, 5) is 14.7. The molecule has 2 atom stereocenters. The standard InChI is InChI=1S/C21H30N2O3/c1-21(2)17-4-3-15(19(21)12-17)5-6-22-20(24)16-11-18(26-14-16)13-23-7-9-25-10-8-23/h3,11,14,17,19H,4-10,12-13H2,1-2H3,(H,22,24)/t17-,19-/m0/s1. The van der Waals surface area contributed by atoms with Crippen LogP contribution in [0.4, 0.5) is 0 Å². The van der Waals surface area contributed by atoms with Crippen molar-refractivity contribution in [2.45, 2.75) is 39.7 Å². The first kappa shape index (κ1) is 17.8. The van der Waals surface area contributed by atoms with Crippen molar-refractivity contribution < 1.29 is 13.9 Å². The van der Waals surface area contributed by atoms with E-state index in [1.54, 1.807) is 6.26 Å². The molecular formula is C21H30N2O3. The highest BCUT2D eigenvalue weighted by Gasteiger charge is 2.50. The minimum atomic E-state index is -0.0378. The molecule has 5 heteroatoms. The summed E-state index contributed by atoms with van der Waals surface area (Å²) in [6.07, 6.45) is 7.49. The van der Waals surface area contributed by atoms with Crippen molar-refractivity contribution in [1.82, 2.24) is 10.2 Å². The summed E-state index contributed by atoms with van der Waals surface area (Å²) in [6, 6.07) is 1.87. The predicted octanol–water partition coefficient (Wildman–Crippen LogP) is 3.22. The van der Waals surface area contributed by atoms with Crippen molar-refractivity contribution in [3.8, 4) is 0 Å². The summed E-state index contributed by atoms with van der Waals surface area (Å²) >= 11 is 0. The van der Waals surface area contributed by atoms with E-state index in [-0.39, 0.29) is 5.91 Å². The predicted molar refractivity (Wildman–Crippen MR) is 99.8 cm³/mol. The van der Waals surface area contributed by atoms with E-state index >= 15 is 0 Å². The molecule has 0 unspecified atom stereocenters. The molecule has 1 amide bonds. The van der Waals surface area contributed by atoms with Gasteiger partial charge in [0.2, 0.25) is 0 Å². The van der Waals surface area contributed by atoms with Crippen molar-refractivity contribution in [2.75, 3.05) is 32.8 Å². The van der Waals surface area contributed by atoms with Gasteiger partial charge in [-0.05, 0) is 42.6 Å². The molecule has 1 N–H and O–H groups in total. The average molecular weight is 358 g/mol. The molecule has 1 aromatic rings. The van der Waals surface area contributed by atoms with Gasteiger partial charge in [-0.3, -0.25) is 9.69 Å². The van der Waals surface area contributed by atoms with Crippen LogP contribution in [0.25, 0.3) is 0 Å². The maximum absolute atomic E-state index is 12.4. The molecule has 4 aliphatic rings. The van der Waals surface area contributed by atoms with Gasteiger partial charge >= 0.3 is 0 Å². The molecule has 2 fully saturated rings. The average Bonchev–Trinajstić information content (AvgIpc) is 3.11. The van der Waals surface area contributed by atoms with Gasteiger partial charge in [-0.15, -0.1) is 0 Å². The second kappa shape index (κ2) is 7.20. The van der Waals surface area contributed by atoms with E-state index in [2.05, 4.69) is 30.1 Å². The third kappa shape index (κ3) is 3.47. The molecule has 0 radical (unpaired) electrons. The van der Waals surface area contributed by atoms with E-state index in [0.717, 1.165) is 50.9 Å². The van der Waals surface area contributed by atoms with Crippen molar-refractivity contribution in [1.29, 1.82) is 0 Å². The number of morpholine rings is 1. The highest BCUT2D eigenvalue weighted by atomic mass is 16.5. The first-order valence-corrected chi connectivity index (χ1v) is 9.88. The first-order valence-electron chi connectivity index (χ1n) is 9.88. The van der Waals surface area contributed by atoms with Crippen LogP contribution in [0.15, 0.2) is 28.4 Å². The highest BCUT2D eigenvalue weighted by Crippen LogP contribution is 2.59. The fourth-order valence-electron chi connectivity index (χ4n) is 4.74.